The first-order chi connectivity index (χ1) is 19.7. The van der Waals surface area contributed by atoms with Gasteiger partial charge in [0.1, 0.15) is 11.1 Å². The quantitative estimate of drug-likeness (QED) is 0.0846. The Balaban J connectivity index is 2.18. The summed E-state index contributed by atoms with van der Waals surface area (Å²) in [4.78, 5) is 14.0. The highest BCUT2D eigenvalue weighted by Crippen LogP contribution is 2.50. The largest absolute Gasteiger partial charge is 0.438 e. The van der Waals surface area contributed by atoms with E-state index in [4.69, 9.17) is 14.3 Å². The molecule has 1 atom stereocenters. The number of hydroxylamine groups is 2. The van der Waals surface area contributed by atoms with Gasteiger partial charge in [-0.15, -0.1) is 0 Å². The summed E-state index contributed by atoms with van der Waals surface area (Å²) >= 11 is 0. The third-order valence-corrected chi connectivity index (χ3v) is 12.6. The van der Waals surface area contributed by atoms with Crippen molar-refractivity contribution in [2.45, 2.75) is 97.8 Å². The molecule has 1 unspecified atom stereocenters. The van der Waals surface area contributed by atoms with Gasteiger partial charge in [0.05, 0.1) is 5.69 Å². The Hall–Kier alpha value is -3.30. The van der Waals surface area contributed by atoms with Crippen LogP contribution in [0.5, 0.6) is 0 Å². The molecule has 0 saturated heterocycles. The first kappa shape index (κ1) is 32.6. The van der Waals surface area contributed by atoms with E-state index in [1.807, 2.05) is 90.1 Å². The maximum Gasteiger partial charge on any atom is 0.225 e. The number of nitrogens with one attached hydrogen (secondary N) is 2. The number of anilines is 1. The number of rotatable bonds is 7. The summed E-state index contributed by atoms with van der Waals surface area (Å²) in [5.41, 5.74) is 2.48. The molecule has 8 heteroatoms. The van der Waals surface area contributed by atoms with Crippen LogP contribution in [0.1, 0.15) is 90.0 Å². The maximum absolute atomic E-state index is 14.0. The molecular formula is C35H47N3O4Si. The number of hydrogen-bond donors (Lipinski definition) is 3. The number of ketones is 1. The first-order valence-electron chi connectivity index (χ1n) is 14.8. The molecule has 0 aliphatic heterocycles. The van der Waals surface area contributed by atoms with Crippen LogP contribution in [0.2, 0.25) is 18.1 Å². The highest BCUT2D eigenvalue weighted by atomic mass is 28.4. The molecule has 2 aliphatic carbocycles. The van der Waals surface area contributed by atoms with Crippen LogP contribution in [0, 0.1) is 5.41 Å². The van der Waals surface area contributed by atoms with Crippen LogP contribution >= 0.6 is 0 Å². The fraction of sp³-hybridized carbons (Fsp3) is 0.429. The monoisotopic (exact) mass is 601 g/mol. The van der Waals surface area contributed by atoms with Crippen molar-refractivity contribution in [3.63, 3.8) is 0 Å². The summed E-state index contributed by atoms with van der Waals surface area (Å²) in [5, 5.41) is 26.3. The molecule has 1 aromatic carbocycles. The van der Waals surface area contributed by atoms with Gasteiger partial charge in [0.25, 0.3) is 0 Å². The van der Waals surface area contributed by atoms with Crippen LogP contribution in [-0.4, -0.2) is 35.4 Å². The molecular weight excluding hydrogens is 554 g/mol. The Labute approximate surface area is 256 Å². The van der Waals surface area contributed by atoms with E-state index >= 15 is 0 Å². The number of carbonyl (C=O) groups excluding carboxylic acids is 1. The van der Waals surface area contributed by atoms with Gasteiger partial charge in [-0.05, 0) is 70.8 Å². The van der Waals surface area contributed by atoms with Crippen LogP contribution < -0.4 is 10.9 Å². The average molecular weight is 602 g/mol. The highest BCUT2D eigenvalue weighted by Gasteiger charge is 2.45. The molecule has 2 aromatic rings. The van der Waals surface area contributed by atoms with E-state index < -0.39 is 25.6 Å². The molecule has 0 radical (unpaired) electrons. The lowest BCUT2D eigenvalue weighted by atomic mass is 9.98. The predicted octanol–water partition coefficient (Wildman–Crippen LogP) is 8.97. The van der Waals surface area contributed by atoms with E-state index in [0.717, 1.165) is 11.1 Å². The van der Waals surface area contributed by atoms with Crippen molar-refractivity contribution in [2.75, 3.05) is 5.32 Å². The lowest BCUT2D eigenvalue weighted by Crippen LogP contribution is -2.49. The zero-order valence-electron chi connectivity index (χ0n) is 27.5. The normalized spacial score (nSPS) is 14.0. The Bertz CT molecular complexity index is 1660. The lowest BCUT2D eigenvalue weighted by Gasteiger charge is -2.44. The van der Waals surface area contributed by atoms with Crippen molar-refractivity contribution < 1.29 is 18.8 Å². The van der Waals surface area contributed by atoms with Gasteiger partial charge in [-0.1, -0.05) is 81.4 Å². The zero-order valence-corrected chi connectivity index (χ0v) is 28.5. The smallest absolute Gasteiger partial charge is 0.225 e. The fourth-order valence-corrected chi connectivity index (χ4v) is 5.99. The van der Waals surface area contributed by atoms with Gasteiger partial charge >= 0.3 is 0 Å². The van der Waals surface area contributed by atoms with Gasteiger partial charge in [0, 0.05) is 27.6 Å². The molecule has 7 nitrogen and oxygen atoms in total. The molecule has 3 N–H and O–H groups in total. The summed E-state index contributed by atoms with van der Waals surface area (Å²) in [5.74, 6) is -0.299. The average Bonchev–Trinajstić information content (AvgIpc) is 3.00. The molecule has 43 heavy (non-hydrogen) atoms. The standard InChI is InChI=1S/C35H47N3O4Si/c1-33(2,3)37-28-25-23-20-16-13-17-21-24(23)26(32(38(40)34(4,5)6)42-43(10,11)35(7,8)9)30(25)41-31(36)27(28)29(39)22-18-14-12-15-19-22/h12-21,32,36-37,40H,1-11H3. The summed E-state index contributed by atoms with van der Waals surface area (Å²) in [6.07, 6.45) is -0.899. The molecule has 0 saturated carbocycles. The van der Waals surface area contributed by atoms with Crippen LogP contribution in [0.15, 0.2) is 65.1 Å². The second kappa shape index (κ2) is 11.3. The van der Waals surface area contributed by atoms with E-state index in [2.05, 4.69) is 39.2 Å². The van der Waals surface area contributed by atoms with Crippen LogP contribution in [0.3, 0.4) is 0 Å². The lowest BCUT2D eigenvalue weighted by molar-refractivity contribution is -0.241. The van der Waals surface area contributed by atoms with Crippen LogP contribution in [0.25, 0.3) is 22.1 Å². The number of nitrogens with zero attached hydrogens (tertiary/aromatic N) is 1. The molecule has 0 spiro atoms. The van der Waals surface area contributed by atoms with Crippen molar-refractivity contribution in [2.24, 2.45) is 0 Å². The van der Waals surface area contributed by atoms with Crippen LogP contribution in [0.4, 0.5) is 5.69 Å². The molecule has 2 aliphatic rings. The van der Waals surface area contributed by atoms with E-state index in [1.54, 1.807) is 12.1 Å². The number of fused-ring (bicyclic) bond motifs is 3. The molecule has 1 aromatic heterocycles. The molecule has 0 amide bonds. The van der Waals surface area contributed by atoms with Gasteiger partial charge in [-0.2, -0.15) is 5.06 Å². The second-order valence-corrected chi connectivity index (χ2v) is 19.6. The molecule has 0 bridgehead atoms. The fourth-order valence-electron chi connectivity index (χ4n) is 4.86. The number of hydrogen-bond acceptors (Lipinski definition) is 7. The third kappa shape index (κ3) is 6.48. The molecule has 1 heterocycles. The summed E-state index contributed by atoms with van der Waals surface area (Å²) < 4.78 is 13.4. The van der Waals surface area contributed by atoms with Gasteiger partial charge in [-0.3, -0.25) is 10.2 Å². The van der Waals surface area contributed by atoms with E-state index in [0.29, 0.717) is 27.8 Å². The topological polar surface area (TPSA) is 98.8 Å². The first-order valence-corrected chi connectivity index (χ1v) is 17.8. The van der Waals surface area contributed by atoms with Gasteiger partial charge in [-0.25, -0.2) is 0 Å². The Kier molecular flexibility index (Phi) is 8.58. The Morgan fingerprint density at radius 3 is 1.95 bits per heavy atom. The molecule has 230 valence electrons. The zero-order chi connectivity index (χ0) is 32.1. The number of benzene rings is 1. The van der Waals surface area contributed by atoms with E-state index in [9.17, 15) is 10.0 Å². The van der Waals surface area contributed by atoms with Crippen molar-refractivity contribution in [1.82, 2.24) is 5.06 Å². The van der Waals surface area contributed by atoms with E-state index in [1.165, 1.54) is 5.06 Å². The third-order valence-electron chi connectivity index (χ3n) is 8.13. The highest BCUT2D eigenvalue weighted by molar-refractivity contribution is 6.74. The van der Waals surface area contributed by atoms with Gasteiger partial charge in [0.15, 0.2) is 14.5 Å². The molecule has 4 rings (SSSR count). The van der Waals surface area contributed by atoms with Crippen molar-refractivity contribution in [1.29, 1.82) is 5.41 Å². The minimum Gasteiger partial charge on any atom is -0.438 e. The second-order valence-electron chi connectivity index (χ2n) is 14.9. The summed E-state index contributed by atoms with van der Waals surface area (Å²) in [7, 11) is -2.46. The number of carbonyl (C=O) groups is 1. The van der Waals surface area contributed by atoms with Crippen LogP contribution in [-0.2, 0) is 4.43 Å². The van der Waals surface area contributed by atoms with Crippen molar-refractivity contribution in [3.05, 3.63) is 82.9 Å². The van der Waals surface area contributed by atoms with Gasteiger partial charge < -0.3 is 19.4 Å². The minimum atomic E-state index is -2.46. The summed E-state index contributed by atoms with van der Waals surface area (Å²) in [6.45, 7) is 22.6. The van der Waals surface area contributed by atoms with Gasteiger partial charge in [0.2, 0.25) is 11.3 Å². The maximum atomic E-state index is 14.0. The summed E-state index contributed by atoms with van der Waals surface area (Å²) in [6, 6.07) is 18.8. The Morgan fingerprint density at radius 2 is 1.44 bits per heavy atom. The Morgan fingerprint density at radius 1 is 0.907 bits per heavy atom. The van der Waals surface area contributed by atoms with Crippen molar-refractivity contribution in [3.8, 4) is 11.1 Å². The molecule has 0 fully saturated rings. The van der Waals surface area contributed by atoms with Crippen molar-refractivity contribution >= 4 is 30.8 Å². The minimum absolute atomic E-state index is 0.140. The van der Waals surface area contributed by atoms with E-state index in [-0.39, 0.29) is 21.9 Å². The predicted molar refractivity (Wildman–Crippen MR) is 176 cm³/mol. The SMILES string of the molecule is CC(C)(C)Nc1c(C(=O)c2ccccc2)c(=N)oc2c(C(O[Si](C)(C)C(C)(C)C)N(O)C(C)(C)C)c3cccccc-3c12.